The largest absolute Gasteiger partial charge is 0.396 e. The Kier molecular flexibility index (Phi) is 3.17. The lowest BCUT2D eigenvalue weighted by Gasteiger charge is -2.40. The lowest BCUT2D eigenvalue weighted by Crippen LogP contribution is -2.49. The van der Waals surface area contributed by atoms with E-state index in [1.54, 1.807) is 0 Å². The first-order valence-electron chi connectivity index (χ1n) is 4.84. The minimum atomic E-state index is -0.732. The van der Waals surface area contributed by atoms with Crippen molar-refractivity contribution < 1.29 is 10.2 Å². The van der Waals surface area contributed by atoms with Gasteiger partial charge in [-0.2, -0.15) is 0 Å². The topological polar surface area (TPSA) is 95.3 Å². The van der Waals surface area contributed by atoms with E-state index >= 15 is 0 Å². The lowest BCUT2D eigenvalue weighted by molar-refractivity contribution is -0.0580. The van der Waals surface area contributed by atoms with E-state index in [2.05, 4.69) is 4.98 Å². The fourth-order valence-electron chi connectivity index (χ4n) is 1.88. The quantitative estimate of drug-likeness (QED) is 0.607. The van der Waals surface area contributed by atoms with Crippen LogP contribution in [0.3, 0.4) is 0 Å². The van der Waals surface area contributed by atoms with Crippen LogP contribution in [0.2, 0.25) is 0 Å². The van der Waals surface area contributed by atoms with Crippen molar-refractivity contribution in [3.05, 3.63) is 30.6 Å². The van der Waals surface area contributed by atoms with Gasteiger partial charge in [-0.25, -0.2) is 4.79 Å². The highest BCUT2D eigenvalue weighted by Crippen LogP contribution is 2.36. The molecular weight excluding hydrogens is 327 g/mol. The van der Waals surface area contributed by atoms with Crippen LogP contribution in [0.1, 0.15) is 12.5 Å². The molecule has 3 atom stereocenters. The summed E-state index contributed by atoms with van der Waals surface area (Å²) < 4.78 is 1.72. The monoisotopic (exact) mass is 338 g/mol. The van der Waals surface area contributed by atoms with E-state index < -0.39 is 17.4 Å². The van der Waals surface area contributed by atoms with E-state index in [1.807, 2.05) is 22.6 Å². The zero-order chi connectivity index (χ0) is 11.9. The van der Waals surface area contributed by atoms with Gasteiger partial charge in [0.15, 0.2) is 0 Å². The molecule has 16 heavy (non-hydrogen) atoms. The highest BCUT2D eigenvalue weighted by atomic mass is 127. The molecule has 3 N–H and O–H groups in total. The van der Waals surface area contributed by atoms with Crippen LogP contribution in [0.15, 0.2) is 15.8 Å². The number of hydrogen-bond donors (Lipinski definition) is 3. The van der Waals surface area contributed by atoms with E-state index in [-0.39, 0.29) is 18.6 Å². The number of H-pyrrole nitrogens is 1. The smallest absolute Gasteiger partial charge is 0.328 e. The molecule has 1 heterocycles. The summed E-state index contributed by atoms with van der Waals surface area (Å²) in [5.41, 5.74) is -0.944. The van der Waals surface area contributed by atoms with Crippen molar-refractivity contribution in [1.29, 1.82) is 0 Å². The number of aliphatic hydroxyl groups excluding tert-OH is 2. The molecule has 0 unspecified atom stereocenters. The average molecular weight is 338 g/mol. The van der Waals surface area contributed by atoms with Crippen LogP contribution in [0, 0.1) is 9.49 Å². The maximum Gasteiger partial charge on any atom is 0.328 e. The molecule has 1 aromatic rings. The molecule has 6 nitrogen and oxygen atoms in total. The maximum atomic E-state index is 11.5. The SMILES string of the molecule is O=c1[nH]c(=O)n([C@H]2C[C@@H](CO)[C@@H]2O)cc1I. The molecule has 1 aromatic heterocycles. The third-order valence-corrected chi connectivity index (χ3v) is 3.71. The first-order valence-corrected chi connectivity index (χ1v) is 5.92. The Morgan fingerprint density at radius 1 is 1.56 bits per heavy atom. The van der Waals surface area contributed by atoms with Crippen molar-refractivity contribution in [2.45, 2.75) is 18.6 Å². The van der Waals surface area contributed by atoms with Gasteiger partial charge in [0, 0.05) is 18.7 Å². The molecule has 0 spiro atoms. The third kappa shape index (κ3) is 1.82. The van der Waals surface area contributed by atoms with E-state index in [1.165, 1.54) is 10.8 Å². The summed E-state index contributed by atoms with van der Waals surface area (Å²) in [7, 11) is 0. The minimum absolute atomic E-state index is 0.0904. The Labute approximate surface area is 104 Å². The molecule has 7 heteroatoms. The summed E-state index contributed by atoms with van der Waals surface area (Å²) in [4.78, 5) is 24.8. The van der Waals surface area contributed by atoms with Gasteiger partial charge in [-0.05, 0) is 29.0 Å². The molecule has 1 fully saturated rings. The van der Waals surface area contributed by atoms with Gasteiger partial charge in [0.1, 0.15) is 0 Å². The first-order chi connectivity index (χ1) is 7.54. The molecule has 2 rings (SSSR count). The zero-order valence-corrected chi connectivity index (χ0v) is 10.4. The van der Waals surface area contributed by atoms with Crippen LogP contribution < -0.4 is 11.2 Å². The minimum Gasteiger partial charge on any atom is -0.396 e. The number of nitrogens with zero attached hydrogens (tertiary/aromatic N) is 1. The molecule has 0 amide bonds. The van der Waals surface area contributed by atoms with Gasteiger partial charge in [0.05, 0.1) is 15.7 Å². The molecule has 0 saturated heterocycles. The molecule has 1 aliphatic carbocycles. The second-order valence-corrected chi connectivity index (χ2v) is 5.04. The Balaban J connectivity index is 2.33. The third-order valence-electron chi connectivity index (χ3n) is 2.94. The number of hydrogen-bond acceptors (Lipinski definition) is 4. The predicted octanol–water partition coefficient (Wildman–Crippen LogP) is -0.945. The Morgan fingerprint density at radius 2 is 2.25 bits per heavy atom. The summed E-state index contributed by atoms with van der Waals surface area (Å²) >= 11 is 1.83. The molecule has 88 valence electrons. The van der Waals surface area contributed by atoms with Crippen LogP contribution >= 0.6 is 22.6 Å². The molecule has 0 aliphatic heterocycles. The highest BCUT2D eigenvalue weighted by molar-refractivity contribution is 14.1. The summed E-state index contributed by atoms with van der Waals surface area (Å²) in [6, 6.07) is -0.352. The van der Waals surface area contributed by atoms with Gasteiger partial charge in [-0.1, -0.05) is 0 Å². The first kappa shape index (κ1) is 11.8. The normalized spacial score (nSPS) is 28.8. The van der Waals surface area contributed by atoms with Crippen molar-refractivity contribution in [3.63, 3.8) is 0 Å². The number of rotatable bonds is 2. The van der Waals surface area contributed by atoms with Gasteiger partial charge in [0.2, 0.25) is 0 Å². The van der Waals surface area contributed by atoms with E-state index in [4.69, 9.17) is 5.11 Å². The van der Waals surface area contributed by atoms with Crippen LogP contribution in [0.5, 0.6) is 0 Å². The Hall–Kier alpha value is -0.670. The van der Waals surface area contributed by atoms with E-state index in [9.17, 15) is 14.7 Å². The average Bonchev–Trinajstić information content (AvgIpc) is 2.24. The predicted molar refractivity (Wildman–Crippen MR) is 64.3 cm³/mol. The Morgan fingerprint density at radius 3 is 2.81 bits per heavy atom. The number of halogens is 1. The second kappa shape index (κ2) is 4.30. The van der Waals surface area contributed by atoms with Gasteiger partial charge < -0.3 is 10.2 Å². The molecule has 1 saturated carbocycles. The van der Waals surface area contributed by atoms with Crippen LogP contribution in [0.25, 0.3) is 0 Å². The van der Waals surface area contributed by atoms with Crippen LogP contribution in [-0.2, 0) is 0 Å². The fourth-order valence-corrected chi connectivity index (χ4v) is 2.31. The van der Waals surface area contributed by atoms with Crippen molar-refractivity contribution in [2.24, 2.45) is 5.92 Å². The molecule has 1 aliphatic rings. The van der Waals surface area contributed by atoms with Crippen molar-refractivity contribution in [1.82, 2.24) is 9.55 Å². The zero-order valence-electron chi connectivity index (χ0n) is 8.26. The van der Waals surface area contributed by atoms with Crippen LogP contribution in [-0.4, -0.2) is 32.5 Å². The fraction of sp³-hybridized carbons (Fsp3) is 0.556. The summed E-state index contributed by atoms with van der Waals surface area (Å²) in [5.74, 6) is -0.179. The highest BCUT2D eigenvalue weighted by Gasteiger charge is 2.41. The van der Waals surface area contributed by atoms with Crippen molar-refractivity contribution in [3.8, 4) is 0 Å². The van der Waals surface area contributed by atoms with E-state index in [0.29, 0.717) is 9.99 Å². The van der Waals surface area contributed by atoms with Gasteiger partial charge in [-0.3, -0.25) is 14.3 Å². The molecular formula is C9H11IN2O4. The molecule has 0 radical (unpaired) electrons. The summed E-state index contributed by atoms with van der Waals surface area (Å²) in [6.07, 6.45) is 1.24. The lowest BCUT2D eigenvalue weighted by atomic mass is 9.77. The van der Waals surface area contributed by atoms with Crippen molar-refractivity contribution in [2.75, 3.05) is 6.61 Å². The number of nitrogens with one attached hydrogen (secondary N) is 1. The second-order valence-electron chi connectivity index (χ2n) is 3.88. The standard InChI is InChI=1S/C9H11IN2O4/c10-5-2-12(9(16)11-8(5)15)6-1-4(3-13)7(6)14/h2,4,6-7,13-14H,1,3H2,(H,11,15,16)/t4-,6-,7-/m0/s1. The summed E-state index contributed by atoms with van der Waals surface area (Å²) in [6.45, 7) is -0.0904. The van der Waals surface area contributed by atoms with Gasteiger partial charge >= 0.3 is 5.69 Å². The van der Waals surface area contributed by atoms with E-state index in [0.717, 1.165) is 0 Å². The Bertz CT molecular complexity index is 509. The van der Waals surface area contributed by atoms with Gasteiger partial charge in [-0.15, -0.1) is 0 Å². The van der Waals surface area contributed by atoms with Gasteiger partial charge in [0.25, 0.3) is 5.56 Å². The number of aromatic amines is 1. The molecule has 0 bridgehead atoms. The molecule has 0 aromatic carbocycles. The maximum absolute atomic E-state index is 11.5. The van der Waals surface area contributed by atoms with Crippen LogP contribution in [0.4, 0.5) is 0 Å². The summed E-state index contributed by atoms with van der Waals surface area (Å²) in [5, 5.41) is 18.6. The van der Waals surface area contributed by atoms with Crippen molar-refractivity contribution >= 4 is 22.6 Å². The number of aromatic nitrogens is 2. The number of aliphatic hydroxyl groups is 2.